The fourth-order valence-corrected chi connectivity index (χ4v) is 2.09. The van der Waals surface area contributed by atoms with Crippen LogP contribution in [0, 0.1) is 0 Å². The summed E-state index contributed by atoms with van der Waals surface area (Å²) in [5.41, 5.74) is 1.94. The Morgan fingerprint density at radius 2 is 1.73 bits per heavy atom. The maximum atomic E-state index is 11.8. The number of amides is 2. The lowest BCUT2D eigenvalue weighted by Gasteiger charge is -2.11. The van der Waals surface area contributed by atoms with Gasteiger partial charge in [0.2, 0.25) is 0 Å². The molecule has 0 fully saturated rings. The van der Waals surface area contributed by atoms with Gasteiger partial charge in [-0.2, -0.15) is 0 Å². The molecule has 2 aromatic carbocycles. The normalized spacial score (nSPS) is 10.1. The molecule has 2 N–H and O–H groups in total. The van der Waals surface area contributed by atoms with Gasteiger partial charge in [0.25, 0.3) is 0 Å². The summed E-state index contributed by atoms with van der Waals surface area (Å²) in [5, 5.41) is 6.31. The molecule has 2 rings (SSSR count). The number of carbonyl (C=O) groups excluding carboxylic acids is 1. The molecule has 2 aromatic rings. The minimum Gasteiger partial charge on any atom is -0.494 e. The van der Waals surface area contributed by atoms with Gasteiger partial charge < -0.3 is 15.4 Å². The van der Waals surface area contributed by atoms with E-state index in [2.05, 4.69) is 10.6 Å². The molecule has 0 unspecified atom stereocenters. The number of urea groups is 1. The van der Waals surface area contributed by atoms with Crippen molar-refractivity contribution in [3.05, 3.63) is 64.7 Å². The first kappa shape index (κ1) is 16.2. The van der Waals surface area contributed by atoms with Gasteiger partial charge in [-0.15, -0.1) is 0 Å². The molecule has 2 amide bonds. The molecule has 0 aliphatic carbocycles. The number of para-hydroxylation sites is 1. The number of rotatable bonds is 6. The summed E-state index contributed by atoms with van der Waals surface area (Å²) in [7, 11) is 0. The van der Waals surface area contributed by atoms with E-state index in [0.717, 1.165) is 16.9 Å². The van der Waals surface area contributed by atoms with E-state index in [9.17, 15) is 4.79 Å². The molecule has 0 aromatic heterocycles. The third kappa shape index (κ3) is 4.97. The quantitative estimate of drug-likeness (QED) is 0.852. The van der Waals surface area contributed by atoms with Crippen LogP contribution in [-0.4, -0.2) is 12.6 Å². The maximum Gasteiger partial charge on any atom is 0.315 e. The highest BCUT2D eigenvalue weighted by Gasteiger charge is 2.05. The lowest BCUT2D eigenvalue weighted by molar-refractivity contribution is 0.240. The van der Waals surface area contributed by atoms with Crippen LogP contribution in [-0.2, 0) is 13.1 Å². The summed E-state index contributed by atoms with van der Waals surface area (Å²) >= 11 is 5.82. The maximum absolute atomic E-state index is 11.8. The van der Waals surface area contributed by atoms with E-state index in [1.54, 1.807) is 12.1 Å². The first-order valence-electron chi connectivity index (χ1n) is 7.16. The fourth-order valence-electron chi connectivity index (χ4n) is 1.97. The summed E-state index contributed by atoms with van der Waals surface area (Å²) in [6, 6.07) is 14.8. The third-order valence-electron chi connectivity index (χ3n) is 3.08. The van der Waals surface area contributed by atoms with E-state index >= 15 is 0 Å². The molecule has 116 valence electrons. The van der Waals surface area contributed by atoms with E-state index < -0.39 is 0 Å². The van der Waals surface area contributed by atoms with E-state index in [1.165, 1.54) is 0 Å². The Kier molecular flexibility index (Phi) is 6.10. The lowest BCUT2D eigenvalue weighted by atomic mass is 10.2. The molecule has 22 heavy (non-hydrogen) atoms. The second-order valence-electron chi connectivity index (χ2n) is 4.70. The van der Waals surface area contributed by atoms with Crippen molar-refractivity contribution in [1.29, 1.82) is 0 Å². The molecule has 0 bridgehead atoms. The predicted octanol–water partition coefficient (Wildman–Crippen LogP) is 3.74. The largest absolute Gasteiger partial charge is 0.494 e. The number of halogens is 1. The standard InChI is InChI=1S/C17H19ClN2O2/c1-2-22-16-6-4-3-5-14(16)12-20-17(21)19-11-13-7-9-15(18)10-8-13/h3-10H,2,11-12H2,1H3,(H2,19,20,21). The summed E-state index contributed by atoms with van der Waals surface area (Å²) in [6.07, 6.45) is 0. The fraction of sp³-hybridized carbons (Fsp3) is 0.235. The van der Waals surface area contributed by atoms with Gasteiger partial charge in [0.1, 0.15) is 5.75 Å². The number of carbonyl (C=O) groups is 1. The Morgan fingerprint density at radius 1 is 1.05 bits per heavy atom. The van der Waals surface area contributed by atoms with Crippen LogP contribution in [0.5, 0.6) is 5.75 Å². The van der Waals surface area contributed by atoms with Crippen LogP contribution < -0.4 is 15.4 Å². The molecule has 4 nitrogen and oxygen atoms in total. The Labute approximate surface area is 135 Å². The monoisotopic (exact) mass is 318 g/mol. The van der Waals surface area contributed by atoms with Crippen LogP contribution in [0.1, 0.15) is 18.1 Å². The topological polar surface area (TPSA) is 50.4 Å². The van der Waals surface area contributed by atoms with Crippen LogP contribution in [0.25, 0.3) is 0 Å². The van der Waals surface area contributed by atoms with Gasteiger partial charge in [-0.3, -0.25) is 0 Å². The Bertz CT molecular complexity index is 614. The highest BCUT2D eigenvalue weighted by atomic mass is 35.5. The first-order valence-corrected chi connectivity index (χ1v) is 7.53. The SMILES string of the molecule is CCOc1ccccc1CNC(=O)NCc1ccc(Cl)cc1. The number of benzene rings is 2. The molecule has 0 aliphatic rings. The zero-order valence-corrected chi connectivity index (χ0v) is 13.2. The summed E-state index contributed by atoms with van der Waals surface area (Å²) in [4.78, 5) is 11.8. The van der Waals surface area contributed by atoms with Crippen molar-refractivity contribution in [3.63, 3.8) is 0 Å². The molecule has 5 heteroatoms. The minimum absolute atomic E-state index is 0.221. The van der Waals surface area contributed by atoms with E-state index in [4.69, 9.17) is 16.3 Å². The van der Waals surface area contributed by atoms with Crippen LogP contribution in [0.3, 0.4) is 0 Å². The number of ether oxygens (including phenoxy) is 1. The average Bonchev–Trinajstić information content (AvgIpc) is 2.54. The van der Waals surface area contributed by atoms with Gasteiger partial charge in [-0.05, 0) is 30.7 Å². The zero-order chi connectivity index (χ0) is 15.8. The number of hydrogen-bond donors (Lipinski definition) is 2. The van der Waals surface area contributed by atoms with Crippen LogP contribution in [0.4, 0.5) is 4.79 Å². The smallest absolute Gasteiger partial charge is 0.315 e. The highest BCUT2D eigenvalue weighted by molar-refractivity contribution is 6.30. The Hall–Kier alpha value is -2.20. The minimum atomic E-state index is -0.221. The lowest BCUT2D eigenvalue weighted by Crippen LogP contribution is -2.34. The van der Waals surface area contributed by atoms with E-state index in [0.29, 0.717) is 24.7 Å². The van der Waals surface area contributed by atoms with Gasteiger partial charge in [0, 0.05) is 23.7 Å². The van der Waals surface area contributed by atoms with Gasteiger partial charge >= 0.3 is 6.03 Å². The van der Waals surface area contributed by atoms with Crippen molar-refractivity contribution in [3.8, 4) is 5.75 Å². The van der Waals surface area contributed by atoms with Gasteiger partial charge in [-0.1, -0.05) is 41.9 Å². The van der Waals surface area contributed by atoms with Crippen LogP contribution in [0.2, 0.25) is 5.02 Å². The zero-order valence-electron chi connectivity index (χ0n) is 12.4. The molecule has 0 atom stereocenters. The molecule has 0 heterocycles. The highest BCUT2D eigenvalue weighted by Crippen LogP contribution is 2.17. The van der Waals surface area contributed by atoms with E-state index in [1.807, 2.05) is 43.3 Å². The average molecular weight is 319 g/mol. The van der Waals surface area contributed by atoms with E-state index in [-0.39, 0.29) is 6.03 Å². The van der Waals surface area contributed by atoms with Crippen LogP contribution >= 0.6 is 11.6 Å². The third-order valence-corrected chi connectivity index (χ3v) is 3.33. The molecule has 0 spiro atoms. The summed E-state index contributed by atoms with van der Waals surface area (Å²) in [5.74, 6) is 0.794. The van der Waals surface area contributed by atoms with Gasteiger partial charge in [0.05, 0.1) is 6.61 Å². The van der Waals surface area contributed by atoms with Crippen molar-refractivity contribution in [1.82, 2.24) is 10.6 Å². The van der Waals surface area contributed by atoms with Crippen molar-refractivity contribution in [2.24, 2.45) is 0 Å². The second kappa shape index (κ2) is 8.29. The van der Waals surface area contributed by atoms with Crippen molar-refractivity contribution < 1.29 is 9.53 Å². The molecular weight excluding hydrogens is 300 g/mol. The molecule has 0 saturated carbocycles. The van der Waals surface area contributed by atoms with Gasteiger partial charge in [-0.25, -0.2) is 4.79 Å². The second-order valence-corrected chi connectivity index (χ2v) is 5.14. The predicted molar refractivity (Wildman–Crippen MR) is 88.1 cm³/mol. The summed E-state index contributed by atoms with van der Waals surface area (Å²) in [6.45, 7) is 3.40. The number of hydrogen-bond acceptors (Lipinski definition) is 2. The van der Waals surface area contributed by atoms with Crippen LogP contribution in [0.15, 0.2) is 48.5 Å². The number of nitrogens with one attached hydrogen (secondary N) is 2. The molecular formula is C17H19ClN2O2. The first-order chi connectivity index (χ1) is 10.7. The molecule has 0 saturated heterocycles. The molecule has 0 radical (unpaired) electrons. The van der Waals surface area contributed by atoms with Crippen molar-refractivity contribution in [2.75, 3.05) is 6.61 Å². The van der Waals surface area contributed by atoms with Crippen molar-refractivity contribution in [2.45, 2.75) is 20.0 Å². The van der Waals surface area contributed by atoms with Gasteiger partial charge in [0.15, 0.2) is 0 Å². The summed E-state index contributed by atoms with van der Waals surface area (Å²) < 4.78 is 5.53. The Morgan fingerprint density at radius 3 is 2.45 bits per heavy atom. The van der Waals surface area contributed by atoms with Crippen molar-refractivity contribution >= 4 is 17.6 Å². The Balaban J connectivity index is 1.81. The molecule has 0 aliphatic heterocycles.